The average molecular weight is 340 g/mol. The minimum absolute atomic E-state index is 0.0736. The summed E-state index contributed by atoms with van der Waals surface area (Å²) >= 11 is 11.7. The van der Waals surface area contributed by atoms with Gasteiger partial charge in [-0.3, -0.25) is 0 Å². The van der Waals surface area contributed by atoms with Crippen molar-refractivity contribution in [3.63, 3.8) is 0 Å². The van der Waals surface area contributed by atoms with Gasteiger partial charge in [0.15, 0.2) is 0 Å². The molecule has 0 N–H and O–H groups in total. The van der Waals surface area contributed by atoms with Crippen LogP contribution in [-0.4, -0.2) is 39.0 Å². The Labute approximate surface area is 130 Å². The first kappa shape index (κ1) is 17.7. The maximum atomic E-state index is 12.4. The van der Waals surface area contributed by atoms with Gasteiger partial charge in [-0.25, -0.2) is 8.42 Å². The Morgan fingerprint density at radius 1 is 1.35 bits per heavy atom. The second-order valence-corrected chi connectivity index (χ2v) is 7.35. The molecular weight excluding hydrogens is 321 g/mol. The fourth-order valence-electron chi connectivity index (χ4n) is 1.53. The molecule has 4 nitrogen and oxygen atoms in total. The number of halogens is 2. The Morgan fingerprint density at radius 2 is 2.00 bits per heavy atom. The molecule has 0 unspecified atom stereocenters. The third kappa shape index (κ3) is 4.60. The third-order valence-electron chi connectivity index (χ3n) is 2.73. The molecular formula is C13H19Cl2NO3S. The number of benzene rings is 1. The summed E-state index contributed by atoms with van der Waals surface area (Å²) in [7, 11) is -2.03. The number of rotatable bonds is 7. The summed E-state index contributed by atoms with van der Waals surface area (Å²) in [6.45, 7) is 4.45. The predicted octanol–water partition coefficient (Wildman–Crippen LogP) is 3.12. The number of hydrogen-bond acceptors (Lipinski definition) is 3. The number of likely N-dealkylation sites (N-methyl/N-ethyl adjacent to an activating group) is 1. The molecule has 20 heavy (non-hydrogen) atoms. The van der Waals surface area contributed by atoms with Gasteiger partial charge in [0.05, 0.1) is 17.6 Å². The van der Waals surface area contributed by atoms with Crippen LogP contribution < -0.4 is 0 Å². The van der Waals surface area contributed by atoms with Crippen LogP contribution in [0.5, 0.6) is 0 Å². The molecule has 0 aliphatic carbocycles. The van der Waals surface area contributed by atoms with E-state index in [1.807, 2.05) is 13.8 Å². The van der Waals surface area contributed by atoms with E-state index < -0.39 is 10.0 Å². The average Bonchev–Trinajstić information content (AvgIpc) is 2.38. The minimum Gasteiger partial charge on any atom is -0.377 e. The van der Waals surface area contributed by atoms with Crippen molar-refractivity contribution in [1.82, 2.24) is 4.31 Å². The molecule has 1 aromatic rings. The monoisotopic (exact) mass is 339 g/mol. The summed E-state index contributed by atoms with van der Waals surface area (Å²) in [4.78, 5) is 0.185. The molecule has 0 spiro atoms. The van der Waals surface area contributed by atoms with E-state index in [0.29, 0.717) is 23.7 Å². The normalized spacial score (nSPS) is 12.3. The molecule has 0 aliphatic heterocycles. The number of nitrogens with zero attached hydrogens (tertiary/aromatic N) is 1. The zero-order valence-corrected chi connectivity index (χ0v) is 14.1. The summed E-state index contributed by atoms with van der Waals surface area (Å²) in [5, 5.41) is 0.463. The number of sulfonamides is 1. The largest absolute Gasteiger partial charge is 0.377 e. The molecule has 0 amide bonds. The first-order valence-electron chi connectivity index (χ1n) is 6.21. The molecule has 0 aliphatic rings. The van der Waals surface area contributed by atoms with E-state index in [0.717, 1.165) is 0 Å². The molecule has 0 saturated carbocycles. The van der Waals surface area contributed by atoms with Crippen molar-refractivity contribution >= 4 is 33.2 Å². The lowest BCUT2D eigenvalue weighted by atomic mass is 10.2. The molecule has 7 heteroatoms. The third-order valence-corrected chi connectivity index (χ3v) is 5.24. The van der Waals surface area contributed by atoms with Crippen LogP contribution in [-0.2, 0) is 20.6 Å². The summed E-state index contributed by atoms with van der Waals surface area (Å²) in [5.74, 6) is 0.169. The van der Waals surface area contributed by atoms with Gasteiger partial charge in [0.25, 0.3) is 0 Å². The fourth-order valence-corrected chi connectivity index (χ4v) is 3.21. The van der Waals surface area contributed by atoms with Gasteiger partial charge < -0.3 is 4.74 Å². The SMILES string of the molecule is CC(C)OCCN(C)S(=O)(=O)c1ccc(Cl)c(CCl)c1. The highest BCUT2D eigenvalue weighted by Crippen LogP contribution is 2.23. The number of hydrogen-bond donors (Lipinski definition) is 0. The van der Waals surface area contributed by atoms with E-state index in [4.69, 9.17) is 27.9 Å². The van der Waals surface area contributed by atoms with Crippen LogP contribution in [0.2, 0.25) is 5.02 Å². The molecule has 1 rings (SSSR count). The molecule has 0 radical (unpaired) electrons. The van der Waals surface area contributed by atoms with E-state index >= 15 is 0 Å². The topological polar surface area (TPSA) is 46.6 Å². The van der Waals surface area contributed by atoms with Crippen molar-refractivity contribution in [2.45, 2.75) is 30.7 Å². The van der Waals surface area contributed by atoms with Gasteiger partial charge in [0.2, 0.25) is 10.0 Å². The fraction of sp³-hybridized carbons (Fsp3) is 0.538. The Morgan fingerprint density at radius 3 is 2.55 bits per heavy atom. The first-order valence-corrected chi connectivity index (χ1v) is 8.56. The van der Waals surface area contributed by atoms with Crippen LogP contribution in [0.3, 0.4) is 0 Å². The molecule has 0 heterocycles. The van der Waals surface area contributed by atoms with Gasteiger partial charge >= 0.3 is 0 Å². The van der Waals surface area contributed by atoms with Crippen molar-refractivity contribution in [1.29, 1.82) is 0 Å². The summed E-state index contributed by atoms with van der Waals surface area (Å²) in [6.07, 6.45) is 0.0736. The van der Waals surface area contributed by atoms with Gasteiger partial charge in [-0.2, -0.15) is 4.31 Å². The van der Waals surface area contributed by atoms with Gasteiger partial charge in [0, 0.05) is 24.5 Å². The smallest absolute Gasteiger partial charge is 0.242 e. The zero-order chi connectivity index (χ0) is 15.3. The second kappa shape index (κ2) is 7.61. The lowest BCUT2D eigenvalue weighted by molar-refractivity contribution is 0.0737. The summed E-state index contributed by atoms with van der Waals surface area (Å²) < 4.78 is 31.4. The van der Waals surface area contributed by atoms with E-state index in [2.05, 4.69) is 0 Å². The van der Waals surface area contributed by atoms with Crippen molar-refractivity contribution in [2.75, 3.05) is 20.2 Å². The van der Waals surface area contributed by atoms with Gasteiger partial charge in [-0.1, -0.05) is 11.6 Å². The minimum atomic E-state index is -3.55. The maximum Gasteiger partial charge on any atom is 0.242 e. The quantitative estimate of drug-likeness (QED) is 0.717. The molecule has 0 saturated heterocycles. The van der Waals surface area contributed by atoms with Gasteiger partial charge in [-0.15, -0.1) is 11.6 Å². The van der Waals surface area contributed by atoms with Gasteiger partial charge in [0.1, 0.15) is 0 Å². The first-order chi connectivity index (χ1) is 9.28. The Bertz CT molecular complexity index is 547. The van der Waals surface area contributed by atoms with Crippen molar-refractivity contribution in [2.24, 2.45) is 0 Å². The molecule has 0 aromatic heterocycles. The van der Waals surface area contributed by atoms with E-state index in [1.165, 1.54) is 23.5 Å². The zero-order valence-electron chi connectivity index (χ0n) is 11.8. The summed E-state index contributed by atoms with van der Waals surface area (Å²) in [6, 6.07) is 4.53. The Balaban J connectivity index is 2.87. The highest BCUT2D eigenvalue weighted by molar-refractivity contribution is 7.89. The van der Waals surface area contributed by atoms with Crippen molar-refractivity contribution < 1.29 is 13.2 Å². The summed E-state index contributed by atoms with van der Waals surface area (Å²) in [5.41, 5.74) is 0.598. The highest BCUT2D eigenvalue weighted by Gasteiger charge is 2.21. The van der Waals surface area contributed by atoms with E-state index in [9.17, 15) is 8.42 Å². The van der Waals surface area contributed by atoms with Crippen molar-refractivity contribution in [3.8, 4) is 0 Å². The molecule has 1 aromatic carbocycles. The van der Waals surface area contributed by atoms with Crippen LogP contribution in [0.1, 0.15) is 19.4 Å². The van der Waals surface area contributed by atoms with Crippen LogP contribution in [0.15, 0.2) is 23.1 Å². The van der Waals surface area contributed by atoms with E-state index in [-0.39, 0.29) is 16.9 Å². The lowest BCUT2D eigenvalue weighted by Crippen LogP contribution is -2.31. The molecule has 0 fully saturated rings. The van der Waals surface area contributed by atoms with Crippen LogP contribution in [0.25, 0.3) is 0 Å². The molecule has 114 valence electrons. The number of alkyl halides is 1. The number of ether oxygens (including phenoxy) is 1. The van der Waals surface area contributed by atoms with E-state index in [1.54, 1.807) is 6.07 Å². The highest BCUT2D eigenvalue weighted by atomic mass is 35.5. The molecule has 0 atom stereocenters. The Hall–Kier alpha value is -0.330. The predicted molar refractivity (Wildman–Crippen MR) is 81.9 cm³/mol. The maximum absolute atomic E-state index is 12.4. The van der Waals surface area contributed by atoms with Crippen LogP contribution in [0, 0.1) is 0 Å². The Kier molecular flexibility index (Phi) is 6.75. The standard InChI is InChI=1S/C13H19Cl2NO3S/c1-10(2)19-7-6-16(3)20(17,18)12-4-5-13(15)11(8-12)9-14/h4-5,8,10H,6-7,9H2,1-3H3. The van der Waals surface area contributed by atoms with Gasteiger partial charge in [-0.05, 0) is 37.6 Å². The van der Waals surface area contributed by atoms with Crippen LogP contribution in [0.4, 0.5) is 0 Å². The lowest BCUT2D eigenvalue weighted by Gasteiger charge is -2.18. The second-order valence-electron chi connectivity index (χ2n) is 4.63. The molecule has 0 bridgehead atoms. The van der Waals surface area contributed by atoms with Crippen molar-refractivity contribution in [3.05, 3.63) is 28.8 Å². The van der Waals surface area contributed by atoms with Crippen LogP contribution >= 0.6 is 23.2 Å².